The number of rotatable bonds is 3. The van der Waals surface area contributed by atoms with Crippen molar-refractivity contribution in [3.8, 4) is 0 Å². The maximum Gasteiger partial charge on any atom is 0.289 e. The second-order valence-electron chi connectivity index (χ2n) is 7.40. The summed E-state index contributed by atoms with van der Waals surface area (Å²) >= 11 is 0. The minimum Gasteiger partial charge on any atom is -0.459 e. The fraction of sp³-hybridized carbons (Fsp3) is 0.500. The molecule has 132 valence electrons. The number of carbonyl (C=O) groups excluding carboxylic acids is 1. The van der Waals surface area contributed by atoms with Crippen molar-refractivity contribution in [2.24, 2.45) is 5.41 Å². The van der Waals surface area contributed by atoms with Crippen molar-refractivity contribution in [3.63, 3.8) is 0 Å². The van der Waals surface area contributed by atoms with Crippen LogP contribution in [0, 0.1) is 5.41 Å². The molecule has 5 heteroatoms. The van der Waals surface area contributed by atoms with Crippen LogP contribution in [0.1, 0.15) is 41.8 Å². The fourth-order valence-electron chi connectivity index (χ4n) is 4.17. The molecule has 0 radical (unpaired) electrons. The zero-order chi connectivity index (χ0) is 17.1. The number of hydrogen-bond donors (Lipinski definition) is 0. The van der Waals surface area contributed by atoms with E-state index in [4.69, 9.17) is 4.42 Å². The highest BCUT2D eigenvalue weighted by Crippen LogP contribution is 2.41. The van der Waals surface area contributed by atoms with Crippen molar-refractivity contribution in [2.45, 2.75) is 32.2 Å². The summed E-state index contributed by atoms with van der Waals surface area (Å²) in [5, 5.41) is 0. The van der Waals surface area contributed by atoms with Crippen LogP contribution in [-0.4, -0.2) is 46.9 Å². The number of likely N-dealkylation sites (tertiary alicyclic amines) is 2. The van der Waals surface area contributed by atoms with Crippen LogP contribution >= 0.6 is 0 Å². The molecule has 2 aliphatic heterocycles. The molecule has 4 heterocycles. The number of piperidine rings is 2. The van der Waals surface area contributed by atoms with Gasteiger partial charge in [0.15, 0.2) is 5.76 Å². The number of amides is 1. The van der Waals surface area contributed by atoms with E-state index >= 15 is 0 Å². The molecule has 0 atom stereocenters. The number of aromatic nitrogens is 1. The van der Waals surface area contributed by atoms with Crippen molar-refractivity contribution in [1.29, 1.82) is 0 Å². The minimum atomic E-state index is 0.0370. The number of carbonyl (C=O) groups is 1. The van der Waals surface area contributed by atoms with Crippen molar-refractivity contribution in [2.75, 3.05) is 26.2 Å². The number of pyridine rings is 1. The molecule has 2 aromatic rings. The number of nitrogens with zero attached hydrogens (tertiary/aromatic N) is 3. The summed E-state index contributed by atoms with van der Waals surface area (Å²) in [4.78, 5) is 21.0. The van der Waals surface area contributed by atoms with Gasteiger partial charge in [0.05, 0.1) is 6.26 Å². The lowest BCUT2D eigenvalue weighted by Crippen LogP contribution is -2.48. The highest BCUT2D eigenvalue weighted by atomic mass is 16.3. The number of furan rings is 1. The lowest BCUT2D eigenvalue weighted by molar-refractivity contribution is 0.0270. The Balaban J connectivity index is 1.29. The molecule has 2 aromatic heterocycles. The SMILES string of the molecule is O=C(c1ccco1)N1CCC2(CCN(Cc3ccncc3)CC2)CC1. The molecule has 0 aromatic carbocycles. The molecule has 5 nitrogen and oxygen atoms in total. The van der Waals surface area contributed by atoms with E-state index in [0.717, 1.165) is 45.6 Å². The van der Waals surface area contributed by atoms with Gasteiger partial charge in [0.1, 0.15) is 0 Å². The second-order valence-corrected chi connectivity index (χ2v) is 7.40. The highest BCUT2D eigenvalue weighted by molar-refractivity contribution is 5.91. The van der Waals surface area contributed by atoms with E-state index in [-0.39, 0.29) is 5.91 Å². The Morgan fingerprint density at radius 2 is 1.72 bits per heavy atom. The molecule has 4 rings (SSSR count). The molecule has 2 fully saturated rings. The second kappa shape index (κ2) is 7.00. The molecule has 0 saturated carbocycles. The van der Waals surface area contributed by atoms with Gasteiger partial charge < -0.3 is 9.32 Å². The van der Waals surface area contributed by atoms with E-state index in [1.54, 1.807) is 18.4 Å². The Morgan fingerprint density at radius 3 is 2.36 bits per heavy atom. The third-order valence-electron chi connectivity index (χ3n) is 5.92. The van der Waals surface area contributed by atoms with Crippen molar-refractivity contribution in [3.05, 3.63) is 54.2 Å². The Kier molecular flexibility index (Phi) is 4.57. The third kappa shape index (κ3) is 3.61. The van der Waals surface area contributed by atoms with Gasteiger partial charge in [-0.05, 0) is 74.0 Å². The van der Waals surface area contributed by atoms with Gasteiger partial charge in [-0.1, -0.05) is 0 Å². The normalized spacial score (nSPS) is 20.7. The van der Waals surface area contributed by atoms with Gasteiger partial charge in [0.25, 0.3) is 5.91 Å². The maximum absolute atomic E-state index is 12.4. The first-order valence-electron chi connectivity index (χ1n) is 9.18. The monoisotopic (exact) mass is 339 g/mol. The minimum absolute atomic E-state index is 0.0370. The molecular formula is C20H25N3O2. The molecule has 25 heavy (non-hydrogen) atoms. The molecule has 1 spiro atoms. The zero-order valence-electron chi connectivity index (χ0n) is 14.6. The summed E-state index contributed by atoms with van der Waals surface area (Å²) in [6.45, 7) is 5.01. The van der Waals surface area contributed by atoms with Crippen molar-refractivity contribution >= 4 is 5.91 Å². The van der Waals surface area contributed by atoms with Gasteiger partial charge in [-0.25, -0.2) is 0 Å². The zero-order valence-corrected chi connectivity index (χ0v) is 14.6. The number of hydrogen-bond acceptors (Lipinski definition) is 4. The third-order valence-corrected chi connectivity index (χ3v) is 5.92. The quantitative estimate of drug-likeness (QED) is 0.862. The molecule has 2 saturated heterocycles. The summed E-state index contributed by atoms with van der Waals surface area (Å²) in [5.41, 5.74) is 1.76. The summed E-state index contributed by atoms with van der Waals surface area (Å²) < 4.78 is 5.25. The lowest BCUT2D eigenvalue weighted by Gasteiger charge is -2.46. The lowest BCUT2D eigenvalue weighted by atomic mass is 9.71. The van der Waals surface area contributed by atoms with Crippen LogP contribution in [0.3, 0.4) is 0 Å². The van der Waals surface area contributed by atoms with E-state index in [2.05, 4.69) is 22.0 Å². The molecule has 2 aliphatic rings. The Labute approximate surface area is 148 Å². The van der Waals surface area contributed by atoms with Gasteiger partial charge in [0.2, 0.25) is 0 Å². The highest BCUT2D eigenvalue weighted by Gasteiger charge is 2.38. The van der Waals surface area contributed by atoms with E-state index in [1.807, 2.05) is 17.3 Å². The van der Waals surface area contributed by atoms with Crippen LogP contribution in [0.4, 0.5) is 0 Å². The van der Waals surface area contributed by atoms with Crippen LogP contribution in [0.15, 0.2) is 47.3 Å². The van der Waals surface area contributed by atoms with Crippen molar-refractivity contribution in [1.82, 2.24) is 14.8 Å². The summed E-state index contributed by atoms with van der Waals surface area (Å²) in [5.74, 6) is 0.498. The van der Waals surface area contributed by atoms with Crippen molar-refractivity contribution < 1.29 is 9.21 Å². The summed E-state index contributed by atoms with van der Waals surface area (Å²) in [6.07, 6.45) is 10.0. The van der Waals surface area contributed by atoms with E-state index < -0.39 is 0 Å². The maximum atomic E-state index is 12.4. The largest absolute Gasteiger partial charge is 0.459 e. The van der Waals surface area contributed by atoms with Crippen LogP contribution in [0.5, 0.6) is 0 Å². The Morgan fingerprint density at radius 1 is 1.04 bits per heavy atom. The average Bonchev–Trinajstić information content (AvgIpc) is 3.20. The Hall–Kier alpha value is -2.14. The standard InChI is InChI=1S/C20H25N3O2/c24-19(18-2-1-15-25-18)23-13-7-20(8-14-23)5-11-22(12-6-20)16-17-3-9-21-10-4-17/h1-4,9-10,15H,5-8,11-14,16H2. The van der Waals surface area contributed by atoms with Gasteiger partial charge >= 0.3 is 0 Å². The predicted octanol–water partition coefficient (Wildman–Crippen LogP) is 3.19. The smallest absolute Gasteiger partial charge is 0.289 e. The topological polar surface area (TPSA) is 49.6 Å². The van der Waals surface area contributed by atoms with E-state index in [9.17, 15) is 4.79 Å². The van der Waals surface area contributed by atoms with Crippen LogP contribution in [-0.2, 0) is 6.54 Å². The molecular weight excluding hydrogens is 314 g/mol. The first kappa shape index (κ1) is 16.3. The Bertz CT molecular complexity index is 681. The fourth-order valence-corrected chi connectivity index (χ4v) is 4.17. The molecule has 1 amide bonds. The molecule has 0 bridgehead atoms. The van der Waals surface area contributed by atoms with Gasteiger partial charge in [-0.15, -0.1) is 0 Å². The molecule has 0 N–H and O–H groups in total. The average molecular weight is 339 g/mol. The van der Waals surface area contributed by atoms with Gasteiger partial charge in [-0.2, -0.15) is 0 Å². The summed E-state index contributed by atoms with van der Waals surface area (Å²) in [6, 6.07) is 7.73. The van der Waals surface area contributed by atoms with Crippen LogP contribution in [0.2, 0.25) is 0 Å². The molecule has 0 unspecified atom stereocenters. The first-order chi connectivity index (χ1) is 12.2. The van der Waals surface area contributed by atoms with E-state index in [1.165, 1.54) is 18.4 Å². The first-order valence-corrected chi connectivity index (χ1v) is 9.18. The molecule has 0 aliphatic carbocycles. The van der Waals surface area contributed by atoms with Crippen LogP contribution in [0.25, 0.3) is 0 Å². The van der Waals surface area contributed by atoms with Gasteiger partial charge in [-0.3, -0.25) is 14.7 Å². The van der Waals surface area contributed by atoms with Crippen LogP contribution < -0.4 is 0 Å². The van der Waals surface area contributed by atoms with E-state index in [0.29, 0.717) is 11.2 Å². The predicted molar refractivity (Wildman–Crippen MR) is 95.0 cm³/mol. The van der Waals surface area contributed by atoms with Gasteiger partial charge in [0, 0.05) is 32.0 Å². The summed E-state index contributed by atoms with van der Waals surface area (Å²) in [7, 11) is 0.